The molecule has 0 aromatic heterocycles. The largest absolute Gasteiger partial charge is 1.00 e. The van der Waals surface area contributed by atoms with Gasteiger partial charge in [-0.25, -0.2) is 0 Å². The second kappa shape index (κ2) is 13.8. The fourth-order valence-electron chi connectivity index (χ4n) is 2.05. The van der Waals surface area contributed by atoms with Crippen molar-refractivity contribution in [2.24, 2.45) is 0 Å². The van der Waals surface area contributed by atoms with E-state index >= 15 is 0 Å². The van der Waals surface area contributed by atoms with Gasteiger partial charge >= 0.3 is 17.1 Å². The molecule has 2 nitrogen and oxygen atoms in total. The molecule has 0 unspecified atom stereocenters. The van der Waals surface area contributed by atoms with E-state index in [1.165, 1.54) is 10.0 Å². The maximum Gasteiger partial charge on any atom is 1.00 e. The molecule has 0 bridgehead atoms. The van der Waals surface area contributed by atoms with E-state index in [4.69, 9.17) is 17.1 Å². The summed E-state index contributed by atoms with van der Waals surface area (Å²) in [6.45, 7) is 13.3. The summed E-state index contributed by atoms with van der Waals surface area (Å²) >= 11 is 3.50. The molecule has 2 aromatic carbocycles. The van der Waals surface area contributed by atoms with Gasteiger partial charge in [0.25, 0.3) is 0 Å². The van der Waals surface area contributed by atoms with Gasteiger partial charge in [0.05, 0.1) is 11.6 Å². The van der Waals surface area contributed by atoms with Crippen LogP contribution in [0.1, 0.15) is 56.2 Å². The van der Waals surface area contributed by atoms with Gasteiger partial charge in [0.1, 0.15) is 0 Å². The van der Waals surface area contributed by atoms with Crippen LogP contribution in [-0.2, 0) is 17.1 Å². The van der Waals surface area contributed by atoms with Gasteiger partial charge in [-0.2, -0.15) is 5.26 Å². The monoisotopic (exact) mass is 432 g/mol. The summed E-state index contributed by atoms with van der Waals surface area (Å²) in [6, 6.07) is 18.2. The van der Waals surface area contributed by atoms with Crippen LogP contribution < -0.4 is 0 Å². The minimum atomic E-state index is 0. The van der Waals surface area contributed by atoms with Crippen molar-refractivity contribution in [3.8, 4) is 6.07 Å². The van der Waals surface area contributed by atoms with Crippen LogP contribution >= 0.6 is 15.9 Å². The zero-order chi connectivity index (χ0) is 17.8. The van der Waals surface area contributed by atoms with Crippen molar-refractivity contribution in [3.05, 3.63) is 76.3 Å². The van der Waals surface area contributed by atoms with Gasteiger partial charge in [0, 0.05) is 4.47 Å². The van der Waals surface area contributed by atoms with E-state index < -0.39 is 0 Å². The summed E-state index contributed by atoms with van der Waals surface area (Å²) in [6.07, 6.45) is 0. The van der Waals surface area contributed by atoms with Gasteiger partial charge in [-0.15, -0.1) is 0 Å². The van der Waals surface area contributed by atoms with Gasteiger partial charge < -0.3 is 11.8 Å². The van der Waals surface area contributed by atoms with Gasteiger partial charge in [-0.3, -0.25) is 0 Å². The molecule has 0 aliphatic carbocycles. The topological polar surface area (TPSA) is 47.6 Å². The Morgan fingerprint density at radius 1 is 0.833 bits per heavy atom. The minimum Gasteiger partial charge on any atom is -0.512 e. The Bertz CT molecular complexity index is 658. The summed E-state index contributed by atoms with van der Waals surface area (Å²) < 4.78 is 1.21. The second-order valence-corrected chi connectivity index (χ2v) is 6.38. The van der Waals surface area contributed by atoms with E-state index in [1.54, 1.807) is 0 Å². The zero-order valence-corrected chi connectivity index (χ0v) is 16.9. The average Bonchev–Trinajstić information content (AvgIpc) is 2.57. The molecule has 130 valence electrons. The zero-order valence-electron chi connectivity index (χ0n) is 14.3. The summed E-state index contributed by atoms with van der Waals surface area (Å²) in [5.74, 6) is 1.04. The fourth-order valence-corrected chi connectivity index (χ4v) is 2.79. The molecule has 0 atom stereocenters. The maximum atomic E-state index is 8.72. The molecule has 2 aromatic rings. The minimum absolute atomic E-state index is 0. The molecule has 0 saturated carbocycles. The van der Waals surface area contributed by atoms with Gasteiger partial charge in [-0.05, 0) is 35.1 Å². The number of benzene rings is 2. The van der Waals surface area contributed by atoms with Crippen molar-refractivity contribution in [3.63, 3.8) is 0 Å². The van der Waals surface area contributed by atoms with Crippen molar-refractivity contribution in [1.29, 1.82) is 10.5 Å². The number of rotatable bonds is 2. The Balaban J connectivity index is 0. The van der Waals surface area contributed by atoms with Crippen LogP contribution in [0.5, 0.6) is 0 Å². The van der Waals surface area contributed by atoms with Crippen LogP contribution in [0.25, 0.3) is 0 Å². The fraction of sp³-hybridized carbons (Fsp3) is 0.300. The van der Waals surface area contributed by atoms with Crippen molar-refractivity contribution >= 4 is 15.9 Å². The molecule has 0 heterocycles. The Morgan fingerprint density at radius 2 is 1.25 bits per heavy atom. The predicted molar refractivity (Wildman–Crippen MR) is 98.4 cm³/mol. The third kappa shape index (κ3) is 8.32. The molecule has 24 heavy (non-hydrogen) atoms. The third-order valence-corrected chi connectivity index (χ3v) is 3.95. The number of hydrogen-bond donors (Lipinski definition) is 0. The molecule has 0 aliphatic heterocycles. The average molecular weight is 434 g/mol. The van der Waals surface area contributed by atoms with Crippen LogP contribution in [0.15, 0.2) is 53.0 Å². The molecule has 0 amide bonds. The molecule has 0 spiro atoms. The van der Waals surface area contributed by atoms with E-state index in [9.17, 15) is 0 Å². The van der Waals surface area contributed by atoms with Crippen molar-refractivity contribution < 1.29 is 17.1 Å². The van der Waals surface area contributed by atoms with Crippen LogP contribution in [-0.4, -0.2) is 0 Å². The third-order valence-electron chi connectivity index (χ3n) is 3.23. The SMILES string of the molecule is CC(C)c1ccccc1Br.CC(C)c1ccccc1C#N.[C-]#N.[Cu+]. The van der Waals surface area contributed by atoms with Crippen LogP contribution in [0.2, 0.25) is 0 Å². The first-order valence-corrected chi connectivity index (χ1v) is 8.22. The summed E-state index contributed by atoms with van der Waals surface area (Å²) in [4.78, 5) is 0. The van der Waals surface area contributed by atoms with Gasteiger partial charge in [0.2, 0.25) is 0 Å². The standard InChI is InChI=1S/C10H11N.C9H11Br.CN.Cu/c1-8(2)10-6-4-3-5-9(10)7-11;1-7(2)8-5-3-4-6-9(8)10;1-2;/h3-6,8H,1-2H3;3-7H,1-2H3;;/q;;-1;+1. The molecule has 0 radical (unpaired) electrons. The Labute approximate surface area is 165 Å². The Morgan fingerprint density at radius 3 is 1.58 bits per heavy atom. The first-order valence-electron chi connectivity index (χ1n) is 7.43. The van der Waals surface area contributed by atoms with E-state index in [0.29, 0.717) is 11.8 Å². The smallest absolute Gasteiger partial charge is 0.512 e. The van der Waals surface area contributed by atoms with Crippen molar-refractivity contribution in [2.75, 3.05) is 0 Å². The Kier molecular flexibility index (Phi) is 14.2. The maximum absolute atomic E-state index is 8.72. The number of nitrogens with zero attached hydrogens (tertiary/aromatic N) is 2. The first-order chi connectivity index (χ1) is 11.0. The summed E-state index contributed by atoms with van der Waals surface area (Å²) in [5.41, 5.74) is 3.31. The summed E-state index contributed by atoms with van der Waals surface area (Å²) in [7, 11) is 0. The Hall–Kier alpha value is -1.58. The molecule has 0 aliphatic rings. The predicted octanol–water partition coefficient (Wildman–Crippen LogP) is 6.35. The molecule has 4 heteroatoms. The summed E-state index contributed by atoms with van der Waals surface area (Å²) in [5, 5.41) is 15.0. The van der Waals surface area contributed by atoms with Crippen LogP contribution in [0.3, 0.4) is 0 Å². The van der Waals surface area contributed by atoms with E-state index in [2.05, 4.69) is 67.9 Å². The number of hydrogen-bond acceptors (Lipinski definition) is 2. The normalized spacial score (nSPS) is 8.83. The molecule has 0 N–H and O–H groups in total. The molecule has 0 saturated heterocycles. The second-order valence-electron chi connectivity index (χ2n) is 5.53. The van der Waals surface area contributed by atoms with Crippen LogP contribution in [0, 0.1) is 23.2 Å². The molecule has 0 fully saturated rings. The van der Waals surface area contributed by atoms with E-state index in [-0.39, 0.29) is 17.1 Å². The number of halogens is 1. The molecular formula is C20H22BrCuN2. The molecular weight excluding hydrogens is 412 g/mol. The van der Waals surface area contributed by atoms with Crippen molar-refractivity contribution in [1.82, 2.24) is 0 Å². The van der Waals surface area contributed by atoms with Gasteiger partial charge in [0.15, 0.2) is 0 Å². The van der Waals surface area contributed by atoms with Crippen LogP contribution in [0.4, 0.5) is 0 Å². The number of nitriles is 1. The molecule has 2 rings (SSSR count). The van der Waals surface area contributed by atoms with Crippen molar-refractivity contribution in [2.45, 2.75) is 39.5 Å². The quantitative estimate of drug-likeness (QED) is 0.409. The van der Waals surface area contributed by atoms with Gasteiger partial charge in [-0.1, -0.05) is 80.0 Å². The van der Waals surface area contributed by atoms with E-state index in [1.807, 2.05) is 30.3 Å². The van der Waals surface area contributed by atoms with E-state index in [0.717, 1.165) is 11.1 Å². The first kappa shape index (κ1) is 24.7.